The van der Waals surface area contributed by atoms with Crippen molar-refractivity contribution < 1.29 is 4.79 Å². The molecule has 0 aromatic heterocycles. The standard InChI is InChI=1S/C2H2N4/c1-2-4-6-5-3-1/h1-2H/q+2. The zero-order valence-corrected chi connectivity index (χ0v) is 2.94. The molecule has 1 heterocycles. The van der Waals surface area contributed by atoms with Crippen molar-refractivity contribution in [2.75, 3.05) is 0 Å². The predicted molar refractivity (Wildman–Crippen MR) is 19.4 cm³/mol. The molecule has 0 amide bonds. The molecule has 0 unspecified atom stereocenters. The average Bonchev–Trinajstić information content (AvgIpc) is 1.72. The Balaban J connectivity index is 3.10. The first kappa shape index (κ1) is 2.97. The molecule has 4 heteroatoms. The smallest absolute Gasteiger partial charge is 0.0888 e. The molecular weight excluding hydrogens is 80.0 g/mol. The summed E-state index contributed by atoms with van der Waals surface area (Å²) in [4.78, 5) is 6.53. The highest BCUT2D eigenvalue weighted by molar-refractivity contribution is 6.13. The normalized spacial score (nSPS) is 13.3. The van der Waals surface area contributed by atoms with Crippen LogP contribution in [0.15, 0.2) is 10.3 Å². The van der Waals surface area contributed by atoms with Gasteiger partial charge in [0.1, 0.15) is 0 Å². The first-order valence-corrected chi connectivity index (χ1v) is 1.45. The summed E-state index contributed by atoms with van der Waals surface area (Å²) in [6.45, 7) is 0. The van der Waals surface area contributed by atoms with Gasteiger partial charge in [-0.1, -0.05) is 0 Å². The van der Waals surface area contributed by atoms with Crippen molar-refractivity contribution in [2.45, 2.75) is 0 Å². The third-order valence-corrected chi connectivity index (χ3v) is 0.343. The van der Waals surface area contributed by atoms with Gasteiger partial charge in [-0.05, 0) is 0 Å². The maximum absolute atomic E-state index is 3.36. The van der Waals surface area contributed by atoms with E-state index in [0.717, 1.165) is 0 Å². The molecule has 0 radical (unpaired) electrons. The Bertz CT molecular complexity index is 136. The van der Waals surface area contributed by atoms with Gasteiger partial charge in [0, 0.05) is 0 Å². The summed E-state index contributed by atoms with van der Waals surface area (Å²) in [5, 5.41) is 6.53. The molecule has 0 atom stereocenters. The molecule has 0 saturated heterocycles. The van der Waals surface area contributed by atoms with Gasteiger partial charge in [-0.25, -0.2) is 0 Å². The molecule has 4 nitrogen and oxygen atoms in total. The van der Waals surface area contributed by atoms with Crippen LogP contribution in [-0.4, -0.2) is 17.2 Å². The molecule has 0 aromatic rings. The second-order valence-corrected chi connectivity index (χ2v) is 0.708. The summed E-state index contributed by atoms with van der Waals surface area (Å²) in [7, 11) is 0. The summed E-state index contributed by atoms with van der Waals surface area (Å²) in [6.07, 6.45) is 2.93. The van der Waals surface area contributed by atoms with Gasteiger partial charge in [0.2, 0.25) is 5.10 Å². The number of rotatable bonds is 0. The van der Waals surface area contributed by atoms with Gasteiger partial charge in [0.15, 0.2) is 0 Å². The zero-order valence-electron chi connectivity index (χ0n) is 2.94. The molecule has 0 aliphatic carbocycles. The summed E-state index contributed by atoms with van der Waals surface area (Å²) in [5.74, 6) is 0. The van der Waals surface area contributed by atoms with E-state index in [1.165, 1.54) is 12.4 Å². The molecule has 0 bridgehead atoms. The van der Waals surface area contributed by atoms with Crippen molar-refractivity contribution >= 4 is 12.4 Å². The van der Waals surface area contributed by atoms with E-state index < -0.39 is 0 Å². The monoisotopic (exact) mass is 82.0 g/mol. The van der Waals surface area contributed by atoms with E-state index >= 15 is 0 Å². The summed E-state index contributed by atoms with van der Waals surface area (Å²) >= 11 is 0. The zero-order chi connectivity index (χ0) is 4.24. The van der Waals surface area contributed by atoms with Crippen molar-refractivity contribution in [3.05, 3.63) is 0 Å². The molecule has 0 N–H and O–H groups in total. The molecular formula is C2H2N4+2. The minimum absolute atomic E-state index is 1.47. The first-order chi connectivity index (χ1) is 3.00. The van der Waals surface area contributed by atoms with Crippen LogP contribution >= 0.6 is 0 Å². The van der Waals surface area contributed by atoms with E-state index in [0.29, 0.717) is 0 Å². The fourth-order valence-electron chi connectivity index (χ4n) is 0.165. The second kappa shape index (κ2) is 1.26. The molecule has 0 spiro atoms. The highest BCUT2D eigenvalue weighted by atomic mass is 15.4. The Morgan fingerprint density at radius 1 is 1.50 bits per heavy atom. The lowest BCUT2D eigenvalue weighted by Gasteiger charge is -1.34. The van der Waals surface area contributed by atoms with E-state index in [-0.39, 0.29) is 0 Å². The minimum atomic E-state index is 1.47. The van der Waals surface area contributed by atoms with Crippen molar-refractivity contribution in [3.8, 4) is 0 Å². The first-order valence-electron chi connectivity index (χ1n) is 1.45. The van der Waals surface area contributed by atoms with Crippen LogP contribution in [0.3, 0.4) is 0 Å². The molecule has 28 valence electrons. The minimum Gasteiger partial charge on any atom is 0.0888 e. The summed E-state index contributed by atoms with van der Waals surface area (Å²) < 4.78 is 0. The van der Waals surface area contributed by atoms with Crippen molar-refractivity contribution in [1.82, 2.24) is 4.91 Å². The Hall–Kier alpha value is -1.24. The van der Waals surface area contributed by atoms with Crippen LogP contribution < -0.4 is 4.91 Å². The SMILES string of the molecule is C1=NN=[N+]=[N+]=C1. The second-order valence-electron chi connectivity index (χ2n) is 0.708. The van der Waals surface area contributed by atoms with Gasteiger partial charge in [-0.3, -0.25) is 0 Å². The van der Waals surface area contributed by atoms with Crippen LogP contribution in [0.5, 0.6) is 0 Å². The lowest BCUT2D eigenvalue weighted by molar-refractivity contribution is -0.0945. The van der Waals surface area contributed by atoms with E-state index in [4.69, 9.17) is 0 Å². The number of hydrogen-bond acceptors (Lipinski definition) is 2. The van der Waals surface area contributed by atoms with Crippen LogP contribution in [0.1, 0.15) is 0 Å². The van der Waals surface area contributed by atoms with Crippen LogP contribution in [-0.2, 0) is 0 Å². The van der Waals surface area contributed by atoms with Gasteiger partial charge in [-0.15, -0.1) is 0 Å². The van der Waals surface area contributed by atoms with Crippen molar-refractivity contribution in [3.63, 3.8) is 0 Å². The Morgan fingerprint density at radius 2 is 2.50 bits per heavy atom. The van der Waals surface area contributed by atoms with E-state index in [2.05, 4.69) is 20.0 Å². The van der Waals surface area contributed by atoms with Crippen molar-refractivity contribution in [1.29, 1.82) is 0 Å². The molecule has 6 heavy (non-hydrogen) atoms. The fraction of sp³-hybridized carbons (Fsp3) is 0. The molecule has 1 rings (SSSR count). The van der Waals surface area contributed by atoms with Gasteiger partial charge in [0.05, 0.1) is 4.79 Å². The van der Waals surface area contributed by atoms with E-state index in [1.54, 1.807) is 0 Å². The van der Waals surface area contributed by atoms with Gasteiger partial charge in [0.25, 0.3) is 6.21 Å². The Labute approximate surface area is 33.7 Å². The highest BCUT2D eigenvalue weighted by Gasteiger charge is 1.94. The largest absolute Gasteiger partial charge is 0.510 e. The molecule has 0 saturated carbocycles. The van der Waals surface area contributed by atoms with Crippen molar-refractivity contribution in [2.24, 2.45) is 10.3 Å². The van der Waals surface area contributed by atoms with Crippen LogP contribution in [0.25, 0.3) is 0 Å². The van der Waals surface area contributed by atoms with Crippen LogP contribution in [0.2, 0.25) is 0 Å². The maximum Gasteiger partial charge on any atom is 0.510 e. The summed E-state index contributed by atoms with van der Waals surface area (Å²) in [6, 6.07) is 0. The highest BCUT2D eigenvalue weighted by Crippen LogP contribution is 1.58. The third kappa shape index (κ3) is 0.377. The fourth-order valence-corrected chi connectivity index (χ4v) is 0.165. The average molecular weight is 82.1 g/mol. The predicted octanol–water partition coefficient (Wildman–Crippen LogP) is -0.764. The summed E-state index contributed by atoms with van der Waals surface area (Å²) in [5.41, 5.74) is 0. The third-order valence-electron chi connectivity index (χ3n) is 0.343. The quantitative estimate of drug-likeness (QED) is 0.345. The molecule has 0 aromatic carbocycles. The van der Waals surface area contributed by atoms with E-state index in [1.807, 2.05) is 0 Å². The maximum atomic E-state index is 3.36. The molecule has 0 fully saturated rings. The Morgan fingerprint density at radius 3 is 2.67 bits per heavy atom. The number of hydrogen-bond donors (Lipinski definition) is 0. The van der Waals surface area contributed by atoms with Gasteiger partial charge in [-0.2, -0.15) is 0 Å². The molecule has 1 aliphatic heterocycles. The van der Waals surface area contributed by atoms with Gasteiger partial charge < -0.3 is 0 Å². The number of nitrogens with zero attached hydrogens (tertiary/aromatic N) is 4. The topological polar surface area (TPSA) is 52.9 Å². The Kier molecular flexibility index (Phi) is 0.626. The lowest BCUT2D eigenvalue weighted by atomic mass is 10.8. The van der Waals surface area contributed by atoms with Crippen LogP contribution in [0.4, 0.5) is 0 Å². The lowest BCUT2D eigenvalue weighted by Crippen LogP contribution is -1.81. The molecule has 1 aliphatic rings. The van der Waals surface area contributed by atoms with Crippen LogP contribution in [0, 0.1) is 0 Å². The van der Waals surface area contributed by atoms with E-state index in [9.17, 15) is 0 Å². The van der Waals surface area contributed by atoms with Gasteiger partial charge >= 0.3 is 16.3 Å².